The number of amides is 5. The number of nitrogens with one attached hydrogen (secondary N) is 1. The number of carboxylic acid groups (broad SMARTS) is 2. The molecule has 0 radical (unpaired) electrons. The number of aromatic carboxylic acids is 2. The lowest BCUT2D eigenvalue weighted by atomic mass is 9.86. The van der Waals surface area contributed by atoms with Crippen LogP contribution in [0, 0.1) is 24.4 Å². The van der Waals surface area contributed by atoms with Gasteiger partial charge in [0.1, 0.15) is 56.7 Å². The Morgan fingerprint density at radius 3 is 1.16 bits per heavy atom. The Balaban J connectivity index is 0.000000140. The summed E-state index contributed by atoms with van der Waals surface area (Å²) in [4.78, 5) is 131. The molecule has 0 aliphatic carbocycles. The maximum absolute atomic E-state index is 14.2. The fraction of sp³-hybridized carbons (Fsp3) is 0.357. The number of hydrogen-bond donors (Lipinski definition) is 3. The Morgan fingerprint density at radius 2 is 0.781 bits per heavy atom. The number of furan rings is 4. The first-order valence-electron chi connectivity index (χ1n) is 48.4. The summed E-state index contributed by atoms with van der Waals surface area (Å²) < 4.78 is 66.4. The highest BCUT2D eigenvalue weighted by Gasteiger charge is 2.48. The van der Waals surface area contributed by atoms with Crippen molar-refractivity contribution in [2.45, 2.75) is 196 Å². The Hall–Kier alpha value is -14.3. The van der Waals surface area contributed by atoms with Gasteiger partial charge in [-0.05, 0) is 192 Å². The quantitative estimate of drug-likeness (QED) is 0.0965. The molecule has 760 valence electrons. The molecule has 0 spiro atoms. The van der Waals surface area contributed by atoms with Crippen molar-refractivity contribution in [1.29, 1.82) is 0 Å². The van der Waals surface area contributed by atoms with Crippen LogP contribution in [-0.4, -0.2) is 193 Å². The van der Waals surface area contributed by atoms with Crippen LogP contribution >= 0.6 is 34.8 Å². The van der Waals surface area contributed by atoms with Gasteiger partial charge in [0.2, 0.25) is 0 Å². The minimum atomic E-state index is -1.09. The van der Waals surface area contributed by atoms with Crippen molar-refractivity contribution in [3.05, 3.63) is 271 Å². The first kappa shape index (κ1) is 105. The van der Waals surface area contributed by atoms with E-state index in [0.29, 0.717) is 148 Å². The minimum Gasteiger partial charge on any atom is -0.478 e. The second kappa shape index (κ2) is 40.6. The third-order valence-corrected chi connectivity index (χ3v) is 27.6. The molecule has 0 bridgehead atoms. The van der Waals surface area contributed by atoms with Gasteiger partial charge < -0.3 is 57.3 Å². The van der Waals surface area contributed by atoms with Gasteiger partial charge in [-0.15, -0.1) is 0 Å². The van der Waals surface area contributed by atoms with Gasteiger partial charge in [-0.1, -0.05) is 155 Å². The number of fused-ring (bicyclic) bond motifs is 4. The molecule has 34 heteroatoms. The van der Waals surface area contributed by atoms with Crippen LogP contribution in [0.1, 0.15) is 241 Å². The molecular weight excluding hydrogens is 1930 g/mol. The normalized spacial score (nSPS) is 15.6. The molecule has 5 amide bonds. The average Bonchev–Trinajstić information content (AvgIpc) is 1.56. The van der Waals surface area contributed by atoms with E-state index in [9.17, 15) is 51.8 Å². The number of carboxylic acids is 2. The SMILES string of the molecule is CC(C)(C)c1cc(-c2ccc(Cl)c(F)c2)nc2cc(C(=O)N3CCN(c4cc(C(=O)O)ccn4)CC3(C)C)oc12.CC(C)(C)c1cc(-c2ccc(Cl)c(F)c2)nc2cc(C(=O)N3CCN(c4ccc(C(=O)O)cn4)CC3(C)C)oc12.CC(C)(C)c1cc(-c2ccc(F)cc2)nc2cc(C(=O)N3CCCCCC3)oc12.Cc1cc(N2CCN(C(=O)c3cc4nc(-c5ccc(Cl)cc5)cc(C(C)(C)C)c4o3)C(C)(C)C2=O)n[nH]1. The van der Waals surface area contributed by atoms with Gasteiger partial charge in [0.05, 0.1) is 55.0 Å². The summed E-state index contributed by atoms with van der Waals surface area (Å²) in [7, 11) is 0. The molecule has 15 aromatic rings. The molecule has 0 unspecified atom stereocenters. The molecule has 4 aliphatic rings. The van der Waals surface area contributed by atoms with Gasteiger partial charge >= 0.3 is 11.9 Å². The van der Waals surface area contributed by atoms with Gasteiger partial charge in [0.15, 0.2) is 51.2 Å². The number of halogens is 6. The maximum Gasteiger partial charge on any atom is 0.337 e. The van der Waals surface area contributed by atoms with Crippen molar-refractivity contribution in [2.24, 2.45) is 0 Å². The van der Waals surface area contributed by atoms with Crippen LogP contribution in [0.2, 0.25) is 15.1 Å². The molecule has 4 saturated heterocycles. The second-order valence-corrected chi connectivity index (χ2v) is 44.4. The number of nitrogens with zero attached hydrogens (tertiary/aromatic N) is 14. The number of carbonyl (C=O) groups excluding carboxylic acids is 5. The fourth-order valence-corrected chi connectivity index (χ4v) is 19.1. The van der Waals surface area contributed by atoms with Crippen molar-refractivity contribution >= 4 is 138 Å². The number of H-pyrrole nitrogens is 1. The molecule has 28 nitrogen and oxygen atoms in total. The summed E-state index contributed by atoms with van der Waals surface area (Å²) in [6.07, 6.45) is 7.22. The van der Waals surface area contributed by atoms with E-state index in [-0.39, 0.29) is 95.5 Å². The van der Waals surface area contributed by atoms with Crippen LogP contribution in [-0.2, 0) is 26.5 Å². The number of benzene rings is 4. The third kappa shape index (κ3) is 22.3. The van der Waals surface area contributed by atoms with E-state index in [1.165, 1.54) is 73.8 Å². The predicted molar refractivity (Wildman–Crippen MR) is 560 cm³/mol. The van der Waals surface area contributed by atoms with Crippen molar-refractivity contribution in [2.75, 3.05) is 80.1 Å². The topological polar surface area (TPSA) is 341 Å². The number of hydrogen-bond acceptors (Lipinski definition) is 20. The maximum atomic E-state index is 14.2. The zero-order chi connectivity index (χ0) is 105. The van der Waals surface area contributed by atoms with Crippen molar-refractivity contribution < 1.29 is 74.6 Å². The molecule has 3 N–H and O–H groups in total. The van der Waals surface area contributed by atoms with E-state index in [2.05, 4.69) is 61.7 Å². The number of piperazine rings is 3. The van der Waals surface area contributed by atoms with E-state index >= 15 is 0 Å². The first-order chi connectivity index (χ1) is 68.7. The lowest BCUT2D eigenvalue weighted by molar-refractivity contribution is -0.130. The zero-order valence-corrected chi connectivity index (χ0v) is 87.3. The molecule has 0 saturated carbocycles. The lowest BCUT2D eigenvalue weighted by Gasteiger charge is -2.47. The number of carbonyl (C=O) groups is 7. The smallest absolute Gasteiger partial charge is 0.337 e. The monoisotopic (exact) mass is 2040 g/mol. The highest BCUT2D eigenvalue weighted by molar-refractivity contribution is 6.31. The van der Waals surface area contributed by atoms with E-state index in [0.717, 1.165) is 76.4 Å². The molecule has 19 rings (SSSR count). The second-order valence-electron chi connectivity index (χ2n) is 43.2. The first-order valence-corrected chi connectivity index (χ1v) is 49.5. The Bertz CT molecular complexity index is 7560. The molecule has 4 fully saturated rings. The van der Waals surface area contributed by atoms with Gasteiger partial charge in [0, 0.05) is 163 Å². The molecule has 146 heavy (non-hydrogen) atoms. The third-order valence-electron chi connectivity index (χ3n) is 26.7. The summed E-state index contributed by atoms with van der Waals surface area (Å²) in [5.41, 5.74) is 11.4. The number of anilines is 3. The number of aryl methyl sites for hydroxylation is 1. The van der Waals surface area contributed by atoms with Crippen molar-refractivity contribution in [3.63, 3.8) is 0 Å². The van der Waals surface area contributed by atoms with Crippen LogP contribution in [0.3, 0.4) is 0 Å². The van der Waals surface area contributed by atoms with Gasteiger partial charge in [-0.3, -0.25) is 34.0 Å². The molecule has 0 atom stereocenters. The highest BCUT2D eigenvalue weighted by Crippen LogP contribution is 2.44. The summed E-state index contributed by atoms with van der Waals surface area (Å²) in [6, 6.07) is 45.4. The van der Waals surface area contributed by atoms with Gasteiger partial charge in [-0.25, -0.2) is 52.7 Å². The summed E-state index contributed by atoms with van der Waals surface area (Å²) in [5, 5.41) is 26.3. The molecule has 11 aromatic heterocycles. The van der Waals surface area contributed by atoms with Crippen LogP contribution < -0.4 is 14.7 Å². The number of likely N-dealkylation sites (tertiary alicyclic amines) is 1. The van der Waals surface area contributed by atoms with Crippen LogP contribution in [0.5, 0.6) is 0 Å². The van der Waals surface area contributed by atoms with E-state index in [4.69, 9.17) is 77.5 Å². The fourth-order valence-electron chi connectivity index (χ4n) is 18.7. The predicted octanol–water partition coefficient (Wildman–Crippen LogP) is 24.5. The van der Waals surface area contributed by atoms with E-state index in [1.54, 1.807) is 94.1 Å². The van der Waals surface area contributed by atoms with Crippen molar-refractivity contribution in [3.8, 4) is 45.0 Å². The minimum absolute atomic E-state index is 0.0325. The molecule has 15 heterocycles. The Kier molecular flexibility index (Phi) is 29.1. The Labute approximate surface area is 858 Å². The van der Waals surface area contributed by atoms with Crippen LogP contribution in [0.15, 0.2) is 194 Å². The van der Waals surface area contributed by atoms with Gasteiger partial charge in [0.25, 0.3) is 29.5 Å². The molecular formula is C112H117Cl3F3N15O13. The zero-order valence-electron chi connectivity index (χ0n) is 85.1. The standard InChI is InChI=1S/2C30H30ClFN4O4.C28H30ClN5O3.C24H27FN2O2/c1-29(2,3)19-13-22(17-6-8-20(31)21(32)12-17)34-23-14-24(40-26(19)23)27(37)36-11-10-35(16-30(36,4)5)25-9-7-18(15-33-25)28(38)39;1-29(2,3)19-14-22(17-6-7-20(31)21(32)12-17)34-23-15-24(40-26(19)23)27(37)36-11-10-35(16-30(36,4)5)25-13-18(28(38)39)8-9-33-25;1-16-13-23(32-31-16)33-11-12-34(28(5,6)26(33)36)25(35)22-15-21-24(37-22)19(27(2,3)4)14-20(30-21)17-7-9-18(29)10-8-17;1-24(2,3)18-14-19(16-8-10-17(25)11-9-16)26-20-15-21(29-22(18)20)23(28)27-12-6-4-5-7-13-27/h2*6-9,12-15H,10-11,16H2,1-5H3,(H,38,39);7-10,13-15H,11-12H2,1-6H3,(H,31,32);8-11,14-15H,4-7,12-13H2,1-3H3. The number of rotatable bonds is 13. The van der Waals surface area contributed by atoms with Crippen LogP contribution in [0.4, 0.5) is 30.6 Å². The summed E-state index contributed by atoms with van der Waals surface area (Å²) in [5.74, 6) is -1.92. The number of aromatic amines is 1. The van der Waals surface area contributed by atoms with E-state index in [1.807, 2.05) is 145 Å². The Morgan fingerprint density at radius 1 is 0.397 bits per heavy atom. The van der Waals surface area contributed by atoms with Crippen molar-refractivity contribution in [1.82, 2.24) is 59.7 Å². The number of pyridine rings is 6. The number of aromatic nitrogens is 8. The summed E-state index contributed by atoms with van der Waals surface area (Å²) in [6.45, 7) is 43.0. The lowest BCUT2D eigenvalue weighted by Crippen LogP contribution is -2.64. The molecule has 4 aromatic carbocycles. The molecule has 4 aliphatic heterocycles. The summed E-state index contributed by atoms with van der Waals surface area (Å²) >= 11 is 17.8. The van der Waals surface area contributed by atoms with Crippen LogP contribution in [0.25, 0.3) is 89.4 Å². The average molecular weight is 2040 g/mol. The largest absolute Gasteiger partial charge is 0.478 e. The van der Waals surface area contributed by atoms with Gasteiger partial charge in [-0.2, -0.15) is 5.10 Å². The highest BCUT2D eigenvalue weighted by atomic mass is 35.5. The van der Waals surface area contributed by atoms with E-state index < -0.39 is 40.2 Å².